The fourth-order valence-corrected chi connectivity index (χ4v) is 5.27. The van der Waals surface area contributed by atoms with E-state index < -0.39 is 0 Å². The van der Waals surface area contributed by atoms with Crippen molar-refractivity contribution in [2.24, 2.45) is 0 Å². The number of aromatic nitrogens is 2. The number of nitrogens with two attached hydrogens (primary N) is 1. The van der Waals surface area contributed by atoms with E-state index in [0.717, 1.165) is 75.5 Å². The van der Waals surface area contributed by atoms with Gasteiger partial charge in [-0.05, 0) is 56.2 Å². The number of rotatable bonds is 3. The summed E-state index contributed by atoms with van der Waals surface area (Å²) in [6, 6.07) is 7.20. The lowest BCUT2D eigenvalue weighted by atomic mass is 9.84. The Labute approximate surface area is 172 Å². The van der Waals surface area contributed by atoms with Gasteiger partial charge in [-0.25, -0.2) is 9.97 Å². The molecular formula is C23H32N4O2. The lowest BCUT2D eigenvalue weighted by Gasteiger charge is -2.38. The van der Waals surface area contributed by atoms with Gasteiger partial charge in [0.25, 0.3) is 0 Å². The molecule has 2 saturated heterocycles. The Balaban J connectivity index is 1.31. The minimum absolute atomic E-state index is 0.422. The molecule has 1 aromatic heterocycles. The second kappa shape index (κ2) is 8.54. The predicted molar refractivity (Wildman–Crippen MR) is 114 cm³/mol. The van der Waals surface area contributed by atoms with Crippen LogP contribution < -0.4 is 5.73 Å². The molecule has 5 rings (SSSR count). The van der Waals surface area contributed by atoms with E-state index in [9.17, 15) is 0 Å². The molecule has 1 aliphatic carbocycles. The van der Waals surface area contributed by atoms with Crippen LogP contribution in [-0.4, -0.2) is 60.4 Å². The zero-order valence-electron chi connectivity index (χ0n) is 17.2. The van der Waals surface area contributed by atoms with Crippen molar-refractivity contribution in [3.63, 3.8) is 0 Å². The highest BCUT2D eigenvalue weighted by Crippen LogP contribution is 2.35. The molecule has 1 saturated carbocycles. The van der Waals surface area contributed by atoms with Crippen molar-refractivity contribution in [3.05, 3.63) is 29.6 Å². The van der Waals surface area contributed by atoms with E-state index in [4.69, 9.17) is 25.2 Å². The van der Waals surface area contributed by atoms with E-state index in [1.807, 2.05) is 0 Å². The standard InChI is InChI=1S/C23H32N4O2/c24-22-20-14-17(18-2-1-11-29-15-18)5-8-21(20)25-23(26-22)16-3-6-19(7-4-16)27-9-12-28-13-10-27/h5,8,14,16,18-19H,1-4,6-7,9-13,15H2,(H2,24,25,26)/t16?,18-,19?/m1/s1. The lowest BCUT2D eigenvalue weighted by Crippen LogP contribution is -2.44. The molecular weight excluding hydrogens is 364 g/mol. The number of benzene rings is 1. The number of nitrogen functional groups attached to an aromatic ring is 1. The molecule has 6 heteroatoms. The third kappa shape index (κ3) is 4.11. The Morgan fingerprint density at radius 3 is 2.48 bits per heavy atom. The summed E-state index contributed by atoms with van der Waals surface area (Å²) < 4.78 is 11.2. The van der Waals surface area contributed by atoms with Crippen molar-refractivity contribution in [3.8, 4) is 0 Å². The molecule has 1 aromatic carbocycles. The number of hydrogen-bond acceptors (Lipinski definition) is 6. The molecule has 2 aliphatic heterocycles. The quantitative estimate of drug-likeness (QED) is 0.856. The summed E-state index contributed by atoms with van der Waals surface area (Å²) in [5.41, 5.74) is 8.67. The third-order valence-corrected chi connectivity index (χ3v) is 7.02. The fourth-order valence-electron chi connectivity index (χ4n) is 5.27. The number of anilines is 1. The van der Waals surface area contributed by atoms with Crippen LogP contribution in [0.3, 0.4) is 0 Å². The van der Waals surface area contributed by atoms with Gasteiger partial charge in [-0.2, -0.15) is 0 Å². The summed E-state index contributed by atoms with van der Waals surface area (Å²) in [6.07, 6.45) is 7.02. The van der Waals surface area contributed by atoms with Crippen LogP contribution in [0.2, 0.25) is 0 Å². The Morgan fingerprint density at radius 1 is 0.897 bits per heavy atom. The summed E-state index contributed by atoms with van der Waals surface area (Å²) in [7, 11) is 0. The first kappa shape index (κ1) is 19.2. The largest absolute Gasteiger partial charge is 0.383 e. The van der Waals surface area contributed by atoms with Crippen molar-refractivity contribution < 1.29 is 9.47 Å². The van der Waals surface area contributed by atoms with Crippen LogP contribution in [0.25, 0.3) is 10.9 Å². The van der Waals surface area contributed by atoms with Crippen molar-refractivity contribution >= 4 is 16.7 Å². The highest BCUT2D eigenvalue weighted by atomic mass is 16.5. The first-order valence-electron chi connectivity index (χ1n) is 11.2. The van der Waals surface area contributed by atoms with Crippen molar-refractivity contribution in [2.75, 3.05) is 45.3 Å². The summed E-state index contributed by atoms with van der Waals surface area (Å²) in [6.45, 7) is 5.58. The smallest absolute Gasteiger partial charge is 0.135 e. The van der Waals surface area contributed by atoms with Crippen molar-refractivity contribution in [1.29, 1.82) is 0 Å². The zero-order valence-corrected chi connectivity index (χ0v) is 17.2. The monoisotopic (exact) mass is 396 g/mol. The molecule has 2 N–H and O–H groups in total. The van der Waals surface area contributed by atoms with Gasteiger partial charge in [0.05, 0.1) is 25.3 Å². The predicted octanol–water partition coefficient (Wildman–Crippen LogP) is 3.46. The Bertz CT molecular complexity index is 838. The van der Waals surface area contributed by atoms with Gasteiger partial charge in [-0.3, -0.25) is 4.90 Å². The molecule has 0 bridgehead atoms. The molecule has 2 aromatic rings. The van der Waals surface area contributed by atoms with Crippen LogP contribution in [0.15, 0.2) is 18.2 Å². The number of fused-ring (bicyclic) bond motifs is 1. The maximum Gasteiger partial charge on any atom is 0.135 e. The van der Waals surface area contributed by atoms with Gasteiger partial charge in [0.15, 0.2) is 0 Å². The Morgan fingerprint density at radius 2 is 1.72 bits per heavy atom. The Kier molecular flexibility index (Phi) is 5.66. The van der Waals surface area contributed by atoms with Crippen molar-refractivity contribution in [1.82, 2.24) is 14.9 Å². The summed E-state index contributed by atoms with van der Waals surface area (Å²) >= 11 is 0. The van der Waals surface area contributed by atoms with Crippen LogP contribution in [0, 0.1) is 0 Å². The van der Waals surface area contributed by atoms with Gasteiger partial charge < -0.3 is 15.2 Å². The van der Waals surface area contributed by atoms with E-state index >= 15 is 0 Å². The van der Waals surface area contributed by atoms with E-state index in [0.29, 0.717) is 23.7 Å². The van der Waals surface area contributed by atoms with E-state index in [2.05, 4.69) is 23.1 Å². The maximum atomic E-state index is 6.40. The second-order valence-electron chi connectivity index (χ2n) is 8.81. The van der Waals surface area contributed by atoms with E-state index in [1.54, 1.807) is 0 Å². The molecule has 0 amide bonds. The van der Waals surface area contributed by atoms with Crippen LogP contribution in [0.1, 0.15) is 61.7 Å². The molecule has 0 spiro atoms. The molecule has 0 unspecified atom stereocenters. The summed E-state index contributed by atoms with van der Waals surface area (Å²) in [5, 5.41) is 0.985. The van der Waals surface area contributed by atoms with Gasteiger partial charge in [0.1, 0.15) is 11.6 Å². The normalized spacial score (nSPS) is 29.2. The number of nitrogens with zero attached hydrogens (tertiary/aromatic N) is 3. The molecule has 3 aliphatic rings. The first-order valence-corrected chi connectivity index (χ1v) is 11.2. The number of morpholine rings is 1. The minimum Gasteiger partial charge on any atom is -0.383 e. The number of hydrogen-bond donors (Lipinski definition) is 1. The van der Waals surface area contributed by atoms with E-state index in [-0.39, 0.29) is 0 Å². The molecule has 6 nitrogen and oxygen atoms in total. The average molecular weight is 397 g/mol. The lowest BCUT2D eigenvalue weighted by molar-refractivity contribution is 0.00712. The minimum atomic E-state index is 0.422. The number of ether oxygens (including phenoxy) is 2. The average Bonchev–Trinajstić information content (AvgIpc) is 2.80. The van der Waals surface area contributed by atoms with Crippen LogP contribution in [0.4, 0.5) is 5.82 Å². The van der Waals surface area contributed by atoms with Crippen LogP contribution in [-0.2, 0) is 9.47 Å². The highest BCUT2D eigenvalue weighted by molar-refractivity contribution is 5.88. The molecule has 3 heterocycles. The van der Waals surface area contributed by atoms with Crippen molar-refractivity contribution in [2.45, 2.75) is 56.4 Å². The molecule has 156 valence electrons. The Hall–Kier alpha value is -1.76. The summed E-state index contributed by atoms with van der Waals surface area (Å²) in [4.78, 5) is 12.3. The topological polar surface area (TPSA) is 73.5 Å². The highest BCUT2D eigenvalue weighted by Gasteiger charge is 2.29. The second-order valence-corrected chi connectivity index (χ2v) is 8.81. The fraction of sp³-hybridized carbons (Fsp3) is 0.652. The first-order chi connectivity index (χ1) is 14.3. The molecule has 0 radical (unpaired) electrons. The SMILES string of the molecule is Nc1nc(C2CCC(N3CCOCC3)CC2)nc2ccc([C@@H]3CCCOC3)cc12. The van der Waals surface area contributed by atoms with Gasteiger partial charge in [-0.1, -0.05) is 6.07 Å². The van der Waals surface area contributed by atoms with Crippen LogP contribution >= 0.6 is 0 Å². The maximum absolute atomic E-state index is 6.40. The summed E-state index contributed by atoms with van der Waals surface area (Å²) in [5.74, 6) is 2.44. The van der Waals surface area contributed by atoms with Gasteiger partial charge in [0.2, 0.25) is 0 Å². The zero-order chi connectivity index (χ0) is 19.6. The van der Waals surface area contributed by atoms with E-state index in [1.165, 1.54) is 24.8 Å². The molecule has 3 fully saturated rings. The van der Waals surface area contributed by atoms with Gasteiger partial charge in [-0.15, -0.1) is 0 Å². The van der Waals surface area contributed by atoms with Gasteiger partial charge >= 0.3 is 0 Å². The third-order valence-electron chi connectivity index (χ3n) is 7.02. The van der Waals surface area contributed by atoms with Gasteiger partial charge in [0, 0.05) is 43.0 Å². The molecule has 1 atom stereocenters. The molecule has 29 heavy (non-hydrogen) atoms. The van der Waals surface area contributed by atoms with Crippen LogP contribution in [0.5, 0.6) is 0 Å².